The minimum Gasteiger partial charge on any atom is -0.369 e. The fourth-order valence-electron chi connectivity index (χ4n) is 2.03. The fraction of sp³-hybridized carbons (Fsp3) is 0.636. The Morgan fingerprint density at radius 2 is 2.07 bits per heavy atom. The molecule has 15 heavy (non-hydrogen) atoms. The molecule has 4 heteroatoms. The van der Waals surface area contributed by atoms with Crippen molar-refractivity contribution in [1.29, 1.82) is 0 Å². The molecule has 0 aromatic heterocycles. The van der Waals surface area contributed by atoms with Crippen LogP contribution in [0.3, 0.4) is 0 Å². The van der Waals surface area contributed by atoms with Gasteiger partial charge in [-0.2, -0.15) is 0 Å². The molecule has 1 atom stereocenters. The second-order valence-corrected chi connectivity index (χ2v) is 4.19. The smallest absolute Gasteiger partial charge is 0.228 e. The number of nitrogens with two attached hydrogens (primary N) is 1. The van der Waals surface area contributed by atoms with Crippen LogP contribution in [-0.2, 0) is 9.59 Å². The zero-order chi connectivity index (χ0) is 11.6. The molecule has 1 fully saturated rings. The van der Waals surface area contributed by atoms with Crippen LogP contribution in [0, 0.1) is 11.3 Å². The monoisotopic (exact) mass is 210 g/mol. The molecule has 0 aromatic rings. The van der Waals surface area contributed by atoms with Crippen molar-refractivity contribution >= 4 is 11.8 Å². The summed E-state index contributed by atoms with van der Waals surface area (Å²) in [5, 5.41) is 2.72. The van der Waals surface area contributed by atoms with E-state index >= 15 is 0 Å². The van der Waals surface area contributed by atoms with Gasteiger partial charge in [-0.3, -0.25) is 9.59 Å². The molecule has 1 unspecified atom stereocenters. The maximum absolute atomic E-state index is 11.8. The van der Waals surface area contributed by atoms with Crippen LogP contribution in [0.2, 0.25) is 0 Å². The van der Waals surface area contributed by atoms with Gasteiger partial charge in [-0.05, 0) is 26.7 Å². The van der Waals surface area contributed by atoms with E-state index in [1.165, 1.54) is 0 Å². The molecule has 0 saturated heterocycles. The maximum atomic E-state index is 11.8. The molecule has 84 valence electrons. The number of carbonyl (C=O) groups is 2. The van der Waals surface area contributed by atoms with Gasteiger partial charge in [0, 0.05) is 6.54 Å². The summed E-state index contributed by atoms with van der Waals surface area (Å²) in [6.07, 6.45) is 1.38. The lowest BCUT2D eigenvalue weighted by molar-refractivity contribution is -0.133. The van der Waals surface area contributed by atoms with Gasteiger partial charge < -0.3 is 11.1 Å². The minimum absolute atomic E-state index is 0.138. The Morgan fingerprint density at radius 1 is 1.53 bits per heavy atom. The topological polar surface area (TPSA) is 72.2 Å². The van der Waals surface area contributed by atoms with Gasteiger partial charge in [-0.1, -0.05) is 12.2 Å². The summed E-state index contributed by atoms with van der Waals surface area (Å²) in [6, 6.07) is 0. The zero-order valence-corrected chi connectivity index (χ0v) is 9.30. The van der Waals surface area contributed by atoms with Crippen LogP contribution in [0.25, 0.3) is 0 Å². The van der Waals surface area contributed by atoms with Crippen molar-refractivity contribution in [3.05, 3.63) is 12.2 Å². The first-order valence-electron chi connectivity index (χ1n) is 5.18. The predicted octanol–water partition coefficient (Wildman–Crippen LogP) is 0.580. The molecule has 0 heterocycles. The first-order valence-corrected chi connectivity index (χ1v) is 5.18. The van der Waals surface area contributed by atoms with E-state index in [9.17, 15) is 9.59 Å². The van der Waals surface area contributed by atoms with Crippen molar-refractivity contribution in [2.45, 2.75) is 26.7 Å². The zero-order valence-electron chi connectivity index (χ0n) is 9.30. The van der Waals surface area contributed by atoms with E-state index in [0.717, 1.165) is 0 Å². The van der Waals surface area contributed by atoms with Crippen LogP contribution in [-0.4, -0.2) is 18.4 Å². The van der Waals surface area contributed by atoms with Crippen LogP contribution < -0.4 is 11.1 Å². The van der Waals surface area contributed by atoms with Crippen LogP contribution in [0.5, 0.6) is 0 Å². The van der Waals surface area contributed by atoms with E-state index in [0.29, 0.717) is 25.0 Å². The normalized spacial score (nSPS) is 19.1. The Bertz CT molecular complexity index is 306. The van der Waals surface area contributed by atoms with Gasteiger partial charge in [0.1, 0.15) is 0 Å². The Kier molecular flexibility index (Phi) is 3.17. The van der Waals surface area contributed by atoms with Crippen molar-refractivity contribution in [2.75, 3.05) is 6.54 Å². The third-order valence-electron chi connectivity index (χ3n) is 2.94. The lowest BCUT2D eigenvalue weighted by Crippen LogP contribution is -2.42. The molecule has 1 aliphatic rings. The van der Waals surface area contributed by atoms with Gasteiger partial charge in [-0.25, -0.2) is 0 Å². The molecule has 2 amide bonds. The maximum Gasteiger partial charge on any atom is 0.228 e. The van der Waals surface area contributed by atoms with Gasteiger partial charge in [0.05, 0.1) is 11.3 Å². The third-order valence-corrected chi connectivity index (χ3v) is 2.94. The number of rotatable bonds is 5. The van der Waals surface area contributed by atoms with Crippen molar-refractivity contribution in [3.63, 3.8) is 0 Å². The SMILES string of the molecule is C=C(C)C(C(=O)NCC)C1(C(N)=O)CC1. The number of carbonyl (C=O) groups excluding carboxylic acids is 2. The quantitative estimate of drug-likeness (QED) is 0.651. The van der Waals surface area contributed by atoms with E-state index in [4.69, 9.17) is 5.73 Å². The Hall–Kier alpha value is -1.32. The number of hydrogen-bond donors (Lipinski definition) is 2. The molecule has 1 rings (SSSR count). The Labute approximate surface area is 89.9 Å². The molecule has 1 saturated carbocycles. The van der Waals surface area contributed by atoms with Crippen molar-refractivity contribution in [3.8, 4) is 0 Å². The number of amides is 2. The van der Waals surface area contributed by atoms with E-state index in [1.54, 1.807) is 6.92 Å². The van der Waals surface area contributed by atoms with Gasteiger partial charge in [0.15, 0.2) is 0 Å². The third kappa shape index (κ3) is 2.03. The second-order valence-electron chi connectivity index (χ2n) is 4.19. The molecule has 0 spiro atoms. The summed E-state index contributed by atoms with van der Waals surface area (Å²) in [7, 11) is 0. The summed E-state index contributed by atoms with van der Waals surface area (Å²) in [5.41, 5.74) is 5.39. The molecular weight excluding hydrogens is 192 g/mol. The van der Waals surface area contributed by atoms with Crippen LogP contribution >= 0.6 is 0 Å². The second kappa shape index (κ2) is 4.04. The van der Waals surface area contributed by atoms with Crippen molar-refractivity contribution < 1.29 is 9.59 Å². The van der Waals surface area contributed by atoms with E-state index in [1.807, 2.05) is 6.92 Å². The van der Waals surface area contributed by atoms with E-state index < -0.39 is 11.3 Å². The first-order chi connectivity index (χ1) is 6.95. The van der Waals surface area contributed by atoms with Gasteiger partial charge in [-0.15, -0.1) is 0 Å². The highest BCUT2D eigenvalue weighted by molar-refractivity contribution is 5.93. The van der Waals surface area contributed by atoms with Crippen LogP contribution in [0.4, 0.5) is 0 Å². The van der Waals surface area contributed by atoms with E-state index in [-0.39, 0.29) is 11.8 Å². The highest BCUT2D eigenvalue weighted by Gasteiger charge is 2.57. The van der Waals surface area contributed by atoms with Crippen LogP contribution in [0.1, 0.15) is 26.7 Å². The highest BCUT2D eigenvalue weighted by Crippen LogP contribution is 2.53. The molecule has 4 nitrogen and oxygen atoms in total. The molecule has 1 aliphatic carbocycles. The Morgan fingerprint density at radius 3 is 2.33 bits per heavy atom. The summed E-state index contributed by atoms with van der Waals surface area (Å²) in [4.78, 5) is 23.1. The highest BCUT2D eigenvalue weighted by atomic mass is 16.2. The molecule has 0 aromatic carbocycles. The minimum atomic E-state index is -0.662. The molecular formula is C11H18N2O2. The van der Waals surface area contributed by atoms with Gasteiger partial charge >= 0.3 is 0 Å². The van der Waals surface area contributed by atoms with Crippen molar-refractivity contribution in [1.82, 2.24) is 5.32 Å². The molecule has 0 aliphatic heterocycles. The lowest BCUT2D eigenvalue weighted by Gasteiger charge is -2.23. The van der Waals surface area contributed by atoms with Crippen molar-refractivity contribution in [2.24, 2.45) is 17.1 Å². The molecule has 3 N–H and O–H groups in total. The van der Waals surface area contributed by atoms with Gasteiger partial charge in [0.2, 0.25) is 11.8 Å². The summed E-state index contributed by atoms with van der Waals surface area (Å²) >= 11 is 0. The van der Waals surface area contributed by atoms with Crippen LogP contribution in [0.15, 0.2) is 12.2 Å². The first kappa shape index (κ1) is 11.8. The molecule has 0 radical (unpaired) electrons. The predicted molar refractivity (Wildman–Crippen MR) is 57.8 cm³/mol. The average Bonchev–Trinajstić information content (AvgIpc) is 2.85. The Balaban J connectivity index is 2.89. The van der Waals surface area contributed by atoms with Gasteiger partial charge in [0.25, 0.3) is 0 Å². The summed E-state index contributed by atoms with van der Waals surface area (Å²) in [5.74, 6) is -0.988. The standard InChI is InChI=1S/C11H18N2O2/c1-4-13-9(14)8(7(2)3)11(5-6-11)10(12)15/h8H,2,4-6H2,1,3H3,(H2,12,15)(H,13,14). The largest absolute Gasteiger partial charge is 0.369 e. The molecule has 0 bridgehead atoms. The number of nitrogens with one attached hydrogen (secondary N) is 1. The summed E-state index contributed by atoms with van der Waals surface area (Å²) in [6.45, 7) is 7.94. The lowest BCUT2D eigenvalue weighted by atomic mass is 9.82. The van der Waals surface area contributed by atoms with E-state index in [2.05, 4.69) is 11.9 Å². The number of hydrogen-bond acceptors (Lipinski definition) is 2. The average molecular weight is 210 g/mol. The fourth-order valence-corrected chi connectivity index (χ4v) is 2.03. The number of primary amides is 1. The summed E-state index contributed by atoms with van der Waals surface area (Å²) < 4.78 is 0.